The molecule has 3 nitrogen and oxygen atoms in total. The molecule has 0 saturated heterocycles. The van der Waals surface area contributed by atoms with Gasteiger partial charge in [-0.2, -0.15) is 0 Å². The average molecular weight is 425 g/mol. The van der Waals surface area contributed by atoms with Crippen LogP contribution in [0.1, 0.15) is 126 Å². The summed E-state index contributed by atoms with van der Waals surface area (Å²) in [5, 5.41) is 0.773. The van der Waals surface area contributed by atoms with Crippen molar-refractivity contribution in [1.29, 1.82) is 0 Å². The molecule has 0 amide bonds. The molecule has 0 aliphatic heterocycles. The highest BCUT2D eigenvalue weighted by atomic mass is 32.1. The van der Waals surface area contributed by atoms with E-state index in [4.69, 9.17) is 9.47 Å². The first-order chi connectivity index (χ1) is 14.3. The number of unbranched alkanes of at least 4 members (excludes halogenated alkanes) is 14. The summed E-state index contributed by atoms with van der Waals surface area (Å²) in [6.07, 6.45) is 21.5. The zero-order valence-electron chi connectivity index (χ0n) is 19.0. The molecule has 0 aliphatic rings. The molecule has 4 heteroatoms. The van der Waals surface area contributed by atoms with E-state index in [1.165, 1.54) is 101 Å². The maximum atomic E-state index is 11.1. The second-order valence-electron chi connectivity index (χ2n) is 8.06. The van der Waals surface area contributed by atoms with Gasteiger partial charge in [0.1, 0.15) is 0 Å². The van der Waals surface area contributed by atoms with Gasteiger partial charge in [-0.25, -0.2) is 0 Å². The minimum absolute atomic E-state index is 0.682. The number of carbonyl (C=O) groups excluding carboxylic acids is 1. The van der Waals surface area contributed by atoms with Crippen molar-refractivity contribution in [2.45, 2.75) is 117 Å². The first-order valence-corrected chi connectivity index (χ1v) is 13.0. The molecule has 0 aliphatic carbocycles. The van der Waals surface area contributed by atoms with E-state index in [9.17, 15) is 4.79 Å². The van der Waals surface area contributed by atoms with E-state index in [-0.39, 0.29) is 0 Å². The van der Waals surface area contributed by atoms with Crippen LogP contribution in [0.25, 0.3) is 0 Å². The van der Waals surface area contributed by atoms with Crippen molar-refractivity contribution in [3.63, 3.8) is 0 Å². The minimum atomic E-state index is 0.682. The lowest BCUT2D eigenvalue weighted by molar-refractivity contribution is 0.112. The van der Waals surface area contributed by atoms with Gasteiger partial charge in [-0.1, -0.05) is 115 Å². The van der Waals surface area contributed by atoms with Crippen molar-refractivity contribution < 1.29 is 14.3 Å². The Morgan fingerprint density at radius 3 is 1.62 bits per heavy atom. The fraction of sp³-hybridized carbons (Fsp3) is 0.800. The highest BCUT2D eigenvalue weighted by molar-refractivity contribution is 7.15. The van der Waals surface area contributed by atoms with Crippen LogP contribution in [-0.4, -0.2) is 19.5 Å². The molecule has 0 unspecified atom stereocenters. The van der Waals surface area contributed by atoms with Crippen LogP contribution in [0.4, 0.5) is 0 Å². The summed E-state index contributed by atoms with van der Waals surface area (Å²) in [7, 11) is 0. The lowest BCUT2D eigenvalue weighted by atomic mass is 10.1. The summed E-state index contributed by atoms with van der Waals surface area (Å²) in [5.41, 5.74) is 0. The van der Waals surface area contributed by atoms with E-state index >= 15 is 0 Å². The maximum Gasteiger partial charge on any atom is 0.217 e. The van der Waals surface area contributed by atoms with Gasteiger partial charge in [0.15, 0.2) is 12.0 Å². The minimum Gasteiger partial charge on any atom is -0.489 e. The smallest absolute Gasteiger partial charge is 0.217 e. The van der Waals surface area contributed by atoms with Crippen LogP contribution in [0.5, 0.6) is 10.8 Å². The zero-order valence-corrected chi connectivity index (χ0v) is 19.8. The van der Waals surface area contributed by atoms with E-state index in [1.54, 1.807) is 0 Å². The highest BCUT2D eigenvalue weighted by Crippen LogP contribution is 2.37. The van der Waals surface area contributed by atoms with Gasteiger partial charge < -0.3 is 9.47 Å². The second-order valence-corrected chi connectivity index (χ2v) is 9.11. The number of carbonyl (C=O) groups is 1. The SMILES string of the molecule is CCCCCCCCCCOc1cc(C=O)sc1OCCCCCCCCCC. The standard InChI is InChI=1S/C25H44O3S/c1-3-5-7-9-11-13-15-17-19-27-24-21-23(22-26)29-25(24)28-20-18-16-14-12-10-8-6-4-2/h21-22H,3-20H2,1-2H3. The molecular formula is C25H44O3S. The predicted molar refractivity (Wildman–Crippen MR) is 126 cm³/mol. The molecule has 0 fully saturated rings. The Hall–Kier alpha value is -1.03. The number of aldehydes is 1. The predicted octanol–water partition coefficient (Wildman–Crippen LogP) is 8.60. The van der Waals surface area contributed by atoms with Crippen LogP contribution in [0.2, 0.25) is 0 Å². The third-order valence-electron chi connectivity index (χ3n) is 5.29. The number of hydrogen-bond acceptors (Lipinski definition) is 4. The van der Waals surface area contributed by atoms with Gasteiger partial charge in [0, 0.05) is 6.07 Å². The van der Waals surface area contributed by atoms with E-state index in [1.807, 2.05) is 6.07 Å². The third-order valence-corrected chi connectivity index (χ3v) is 6.24. The van der Waals surface area contributed by atoms with Crippen LogP contribution in [0, 0.1) is 0 Å². The number of rotatable bonds is 21. The molecule has 0 spiro atoms. The largest absolute Gasteiger partial charge is 0.489 e. The normalized spacial score (nSPS) is 11.0. The summed E-state index contributed by atoms with van der Waals surface area (Å²) in [6.45, 7) is 5.93. The number of hydrogen-bond donors (Lipinski definition) is 0. The van der Waals surface area contributed by atoms with E-state index in [2.05, 4.69) is 13.8 Å². The van der Waals surface area contributed by atoms with E-state index < -0.39 is 0 Å². The molecule has 0 aromatic carbocycles. The molecule has 1 rings (SSSR count). The fourth-order valence-electron chi connectivity index (χ4n) is 3.45. The van der Waals surface area contributed by atoms with Crippen LogP contribution < -0.4 is 9.47 Å². The third kappa shape index (κ3) is 13.8. The fourth-order valence-corrected chi connectivity index (χ4v) is 4.24. The molecule has 0 atom stereocenters. The maximum absolute atomic E-state index is 11.1. The lowest BCUT2D eigenvalue weighted by Gasteiger charge is -2.09. The Morgan fingerprint density at radius 2 is 1.14 bits per heavy atom. The van der Waals surface area contributed by atoms with Crippen LogP contribution in [0.15, 0.2) is 6.07 Å². The van der Waals surface area contributed by atoms with Crippen molar-refractivity contribution in [3.05, 3.63) is 10.9 Å². The summed E-state index contributed by atoms with van der Waals surface area (Å²) in [6, 6.07) is 1.82. The Bertz CT molecular complexity index is 459. The summed E-state index contributed by atoms with van der Waals surface area (Å²) >= 11 is 1.40. The van der Waals surface area contributed by atoms with Crippen LogP contribution >= 0.6 is 11.3 Å². The van der Waals surface area contributed by atoms with E-state index in [0.29, 0.717) is 18.1 Å². The van der Waals surface area contributed by atoms with Crippen LogP contribution in [-0.2, 0) is 0 Å². The second kappa shape index (κ2) is 19.0. The van der Waals surface area contributed by atoms with Gasteiger partial charge in [0.25, 0.3) is 0 Å². The van der Waals surface area contributed by atoms with Gasteiger partial charge in [0.2, 0.25) is 5.06 Å². The first-order valence-electron chi connectivity index (χ1n) is 12.2. The van der Waals surface area contributed by atoms with Crippen molar-refractivity contribution in [1.82, 2.24) is 0 Å². The average Bonchev–Trinajstić information content (AvgIpc) is 3.13. The highest BCUT2D eigenvalue weighted by Gasteiger charge is 2.11. The molecule has 0 N–H and O–H groups in total. The van der Waals surface area contributed by atoms with Gasteiger partial charge >= 0.3 is 0 Å². The first kappa shape index (κ1) is 26.0. The van der Waals surface area contributed by atoms with Crippen molar-refractivity contribution in [2.24, 2.45) is 0 Å². The van der Waals surface area contributed by atoms with Crippen LogP contribution in [0.3, 0.4) is 0 Å². The molecule has 0 bridgehead atoms. The topological polar surface area (TPSA) is 35.5 Å². The molecule has 1 aromatic heterocycles. The lowest BCUT2D eigenvalue weighted by Crippen LogP contribution is -2.00. The summed E-state index contributed by atoms with van der Waals surface area (Å²) in [5.74, 6) is 0.750. The van der Waals surface area contributed by atoms with E-state index in [0.717, 1.165) is 29.9 Å². The Morgan fingerprint density at radius 1 is 0.690 bits per heavy atom. The van der Waals surface area contributed by atoms with Gasteiger partial charge in [-0.3, -0.25) is 4.79 Å². The molecule has 29 heavy (non-hydrogen) atoms. The summed E-state index contributed by atoms with van der Waals surface area (Å²) < 4.78 is 11.9. The van der Waals surface area contributed by atoms with Gasteiger partial charge in [-0.05, 0) is 12.8 Å². The Balaban J connectivity index is 2.14. The van der Waals surface area contributed by atoms with Gasteiger partial charge in [0.05, 0.1) is 18.1 Å². The number of ether oxygens (including phenoxy) is 2. The molecule has 168 valence electrons. The van der Waals surface area contributed by atoms with Gasteiger partial charge in [-0.15, -0.1) is 0 Å². The van der Waals surface area contributed by atoms with Crippen molar-refractivity contribution in [2.75, 3.05) is 13.2 Å². The Labute approximate surface area is 183 Å². The molecule has 1 aromatic rings. The van der Waals surface area contributed by atoms with Crippen molar-refractivity contribution in [3.8, 4) is 10.8 Å². The molecule has 1 heterocycles. The quantitative estimate of drug-likeness (QED) is 0.146. The summed E-state index contributed by atoms with van der Waals surface area (Å²) in [4.78, 5) is 11.8. The molecular weight excluding hydrogens is 380 g/mol. The zero-order chi connectivity index (χ0) is 21.0. The Kier molecular flexibility index (Phi) is 17.0. The molecule has 0 saturated carbocycles. The molecule has 0 radical (unpaired) electrons. The number of thiophene rings is 1. The monoisotopic (exact) mass is 424 g/mol. The van der Waals surface area contributed by atoms with Crippen molar-refractivity contribution >= 4 is 17.6 Å².